The van der Waals surface area contributed by atoms with Gasteiger partial charge in [0, 0.05) is 6.26 Å². The number of alkyl halides is 2. The fraction of sp³-hybridized carbons (Fsp3) is 0.364. The molecule has 1 atom stereocenters. The molecule has 9 heteroatoms. The molecule has 0 aromatic heterocycles. The van der Waals surface area contributed by atoms with Gasteiger partial charge in [0.2, 0.25) is 5.91 Å². The Morgan fingerprint density at radius 2 is 2.00 bits per heavy atom. The summed E-state index contributed by atoms with van der Waals surface area (Å²) in [5, 5.41) is 1.08. The van der Waals surface area contributed by atoms with Gasteiger partial charge in [0.05, 0.1) is 15.6 Å². The summed E-state index contributed by atoms with van der Waals surface area (Å²) in [6.45, 7) is 1.22. The molecule has 1 aromatic carbocycles. The van der Waals surface area contributed by atoms with Crippen LogP contribution in [0.3, 0.4) is 0 Å². The standard InChI is InChI=1S/C11H12ClF2NO3S2/c1-6(20(2,17)18)10(16)15-8-5-3-4-7(12)9(8)19-11(13)14/h3-6,11H,1-2H3,(H,15,16)/t6-/m1/s1. The zero-order valence-corrected chi connectivity index (χ0v) is 13.0. The summed E-state index contributed by atoms with van der Waals surface area (Å²) in [7, 11) is -3.57. The molecule has 20 heavy (non-hydrogen) atoms. The van der Waals surface area contributed by atoms with Crippen LogP contribution in [0.15, 0.2) is 23.1 Å². The van der Waals surface area contributed by atoms with E-state index in [0.29, 0.717) is 0 Å². The lowest BCUT2D eigenvalue weighted by molar-refractivity contribution is -0.115. The summed E-state index contributed by atoms with van der Waals surface area (Å²) < 4.78 is 47.5. The quantitative estimate of drug-likeness (QED) is 0.835. The summed E-state index contributed by atoms with van der Waals surface area (Å²) in [6, 6.07) is 4.25. The highest BCUT2D eigenvalue weighted by molar-refractivity contribution is 7.99. The first kappa shape index (κ1) is 17.2. The van der Waals surface area contributed by atoms with Gasteiger partial charge in [-0.25, -0.2) is 8.42 Å². The lowest BCUT2D eigenvalue weighted by Crippen LogP contribution is -2.31. The van der Waals surface area contributed by atoms with Crippen LogP contribution >= 0.6 is 23.4 Å². The lowest BCUT2D eigenvalue weighted by atomic mass is 10.3. The van der Waals surface area contributed by atoms with E-state index in [-0.39, 0.29) is 27.4 Å². The molecule has 0 saturated carbocycles. The van der Waals surface area contributed by atoms with Gasteiger partial charge in [-0.2, -0.15) is 8.78 Å². The molecule has 1 aromatic rings. The van der Waals surface area contributed by atoms with E-state index in [1.165, 1.54) is 25.1 Å². The van der Waals surface area contributed by atoms with Crippen molar-refractivity contribution in [2.24, 2.45) is 0 Å². The van der Waals surface area contributed by atoms with Crippen LogP contribution in [0.5, 0.6) is 0 Å². The number of benzene rings is 1. The van der Waals surface area contributed by atoms with E-state index in [9.17, 15) is 22.0 Å². The van der Waals surface area contributed by atoms with Crippen molar-refractivity contribution in [1.82, 2.24) is 0 Å². The summed E-state index contributed by atoms with van der Waals surface area (Å²) in [6.07, 6.45) is 0.921. The normalized spacial score (nSPS) is 13.3. The Kier molecular flexibility index (Phi) is 5.79. The molecule has 0 saturated heterocycles. The first-order valence-electron chi connectivity index (χ1n) is 5.36. The van der Waals surface area contributed by atoms with Crippen molar-refractivity contribution in [2.75, 3.05) is 11.6 Å². The summed E-state index contributed by atoms with van der Waals surface area (Å²) in [4.78, 5) is 11.8. The van der Waals surface area contributed by atoms with Gasteiger partial charge >= 0.3 is 0 Å². The fourth-order valence-corrected chi connectivity index (χ4v) is 2.61. The summed E-state index contributed by atoms with van der Waals surface area (Å²) in [5.41, 5.74) is 0.0586. The largest absolute Gasteiger partial charge is 0.324 e. The molecule has 0 heterocycles. The third-order valence-corrected chi connectivity index (χ3v) is 5.22. The second-order valence-corrected chi connectivity index (χ2v) is 7.73. The van der Waals surface area contributed by atoms with Crippen LogP contribution in [0.1, 0.15) is 6.92 Å². The number of hydrogen-bond acceptors (Lipinski definition) is 4. The van der Waals surface area contributed by atoms with Crippen molar-refractivity contribution >= 4 is 44.8 Å². The van der Waals surface area contributed by atoms with Crippen LogP contribution in [-0.2, 0) is 14.6 Å². The highest BCUT2D eigenvalue weighted by atomic mass is 35.5. The van der Waals surface area contributed by atoms with Gasteiger partial charge in [0.25, 0.3) is 5.76 Å². The molecule has 1 amide bonds. The number of carbonyl (C=O) groups excluding carboxylic acids is 1. The second-order valence-electron chi connectivity index (χ2n) is 3.96. The Bertz CT molecular complexity index is 608. The smallest absolute Gasteiger partial charge is 0.289 e. The van der Waals surface area contributed by atoms with Gasteiger partial charge in [-0.15, -0.1) is 0 Å². The Morgan fingerprint density at radius 1 is 1.40 bits per heavy atom. The first-order valence-corrected chi connectivity index (χ1v) is 8.57. The van der Waals surface area contributed by atoms with Crippen LogP contribution in [0, 0.1) is 0 Å². The Labute approximate surface area is 124 Å². The number of nitrogens with one attached hydrogen (secondary N) is 1. The molecule has 0 aliphatic rings. The average Bonchev–Trinajstić information content (AvgIpc) is 2.31. The van der Waals surface area contributed by atoms with Crippen molar-refractivity contribution in [3.05, 3.63) is 23.2 Å². The minimum absolute atomic E-state index is 0.00165. The van der Waals surface area contributed by atoms with E-state index in [1.54, 1.807) is 0 Å². The number of hydrogen-bond donors (Lipinski definition) is 1. The molecule has 0 fully saturated rings. The highest BCUT2D eigenvalue weighted by Crippen LogP contribution is 2.37. The van der Waals surface area contributed by atoms with Gasteiger partial charge in [-0.05, 0) is 19.1 Å². The summed E-state index contributed by atoms with van der Waals surface area (Å²) >= 11 is 5.99. The zero-order chi connectivity index (χ0) is 15.5. The van der Waals surface area contributed by atoms with Gasteiger partial charge in [0.15, 0.2) is 9.84 Å². The lowest BCUT2D eigenvalue weighted by Gasteiger charge is -2.14. The van der Waals surface area contributed by atoms with E-state index in [2.05, 4.69) is 5.32 Å². The predicted octanol–water partition coefficient (Wildman–Crippen LogP) is 3.03. The SMILES string of the molecule is C[C@H](C(=O)Nc1cccc(Cl)c1SC(F)F)S(C)(=O)=O. The fourth-order valence-electron chi connectivity index (χ4n) is 1.24. The maximum absolute atomic E-state index is 12.5. The van der Waals surface area contributed by atoms with Gasteiger partial charge in [-0.3, -0.25) is 4.79 Å². The number of carbonyl (C=O) groups is 1. The summed E-state index contributed by atoms with van der Waals surface area (Å²) in [5.74, 6) is -3.51. The van der Waals surface area contributed by atoms with E-state index in [1.807, 2.05) is 0 Å². The second kappa shape index (κ2) is 6.73. The molecule has 0 bridgehead atoms. The number of rotatable bonds is 5. The van der Waals surface area contributed by atoms with Crippen LogP contribution in [-0.4, -0.2) is 31.6 Å². The number of thioether (sulfide) groups is 1. The van der Waals surface area contributed by atoms with Crippen molar-refractivity contribution in [2.45, 2.75) is 22.8 Å². The van der Waals surface area contributed by atoms with Gasteiger partial charge in [-0.1, -0.05) is 29.4 Å². The van der Waals surface area contributed by atoms with Crippen LogP contribution in [0.2, 0.25) is 5.02 Å². The molecule has 0 radical (unpaired) electrons. The zero-order valence-electron chi connectivity index (χ0n) is 10.6. The first-order chi connectivity index (χ1) is 9.12. The average molecular weight is 344 g/mol. The molecule has 112 valence electrons. The van der Waals surface area contributed by atoms with Crippen molar-refractivity contribution in [1.29, 1.82) is 0 Å². The molecule has 4 nitrogen and oxygen atoms in total. The molecular weight excluding hydrogens is 332 g/mol. The number of amides is 1. The topological polar surface area (TPSA) is 63.2 Å². The molecule has 1 rings (SSSR count). The van der Waals surface area contributed by atoms with Gasteiger partial charge < -0.3 is 5.32 Å². The van der Waals surface area contributed by atoms with E-state index < -0.39 is 26.8 Å². The van der Waals surface area contributed by atoms with Crippen LogP contribution in [0.25, 0.3) is 0 Å². The predicted molar refractivity (Wildman–Crippen MR) is 76.2 cm³/mol. The van der Waals surface area contributed by atoms with E-state index >= 15 is 0 Å². The number of sulfone groups is 1. The molecule has 0 aliphatic carbocycles. The Balaban J connectivity index is 3.04. The Hall–Kier alpha value is -0.860. The van der Waals surface area contributed by atoms with Crippen LogP contribution in [0.4, 0.5) is 14.5 Å². The third-order valence-electron chi connectivity index (χ3n) is 2.44. The molecule has 0 aliphatic heterocycles. The van der Waals surface area contributed by atoms with Crippen molar-refractivity contribution in [3.8, 4) is 0 Å². The minimum Gasteiger partial charge on any atom is -0.324 e. The molecule has 1 N–H and O–H groups in total. The molecule has 0 unspecified atom stereocenters. The number of halogens is 3. The maximum atomic E-state index is 12.5. The monoisotopic (exact) mass is 343 g/mol. The van der Waals surface area contributed by atoms with Crippen LogP contribution < -0.4 is 5.32 Å². The minimum atomic E-state index is -3.57. The van der Waals surface area contributed by atoms with Crippen molar-refractivity contribution in [3.63, 3.8) is 0 Å². The Morgan fingerprint density at radius 3 is 2.50 bits per heavy atom. The van der Waals surface area contributed by atoms with E-state index in [0.717, 1.165) is 6.26 Å². The van der Waals surface area contributed by atoms with E-state index in [4.69, 9.17) is 11.6 Å². The maximum Gasteiger partial charge on any atom is 0.289 e. The number of anilines is 1. The van der Waals surface area contributed by atoms with Gasteiger partial charge in [0.1, 0.15) is 5.25 Å². The molecule has 0 spiro atoms. The third kappa shape index (κ3) is 4.60. The molecular formula is C11H12ClF2NO3S2. The highest BCUT2D eigenvalue weighted by Gasteiger charge is 2.25. The van der Waals surface area contributed by atoms with Crippen molar-refractivity contribution < 1.29 is 22.0 Å².